The molecule has 1 aliphatic rings. The van der Waals surface area contributed by atoms with Gasteiger partial charge in [-0.1, -0.05) is 6.92 Å². The summed E-state index contributed by atoms with van der Waals surface area (Å²) in [6.07, 6.45) is 0.904. The molecule has 1 saturated heterocycles. The van der Waals surface area contributed by atoms with Gasteiger partial charge in [-0.2, -0.15) is 4.31 Å². The van der Waals surface area contributed by atoms with Crippen LogP contribution in [0.25, 0.3) is 0 Å². The first-order chi connectivity index (χ1) is 7.61. The first kappa shape index (κ1) is 13.9. The number of hydrogen-bond donors (Lipinski definition) is 1. The second-order valence-electron chi connectivity index (χ2n) is 3.86. The van der Waals surface area contributed by atoms with E-state index in [4.69, 9.17) is 4.74 Å². The van der Waals surface area contributed by atoms with Crippen molar-refractivity contribution in [1.29, 1.82) is 0 Å². The third-order valence-corrected chi connectivity index (χ3v) is 4.75. The van der Waals surface area contributed by atoms with E-state index in [0.717, 1.165) is 19.5 Å². The monoisotopic (exact) mass is 250 g/mol. The van der Waals surface area contributed by atoms with Crippen LogP contribution in [-0.2, 0) is 14.8 Å². The molecule has 1 aliphatic heterocycles. The van der Waals surface area contributed by atoms with Crippen molar-refractivity contribution in [2.24, 2.45) is 0 Å². The minimum atomic E-state index is -3.16. The molecule has 16 heavy (non-hydrogen) atoms. The minimum absolute atomic E-state index is 0.0885. The van der Waals surface area contributed by atoms with E-state index in [2.05, 4.69) is 5.32 Å². The van der Waals surface area contributed by atoms with Crippen molar-refractivity contribution in [3.05, 3.63) is 0 Å². The first-order valence-corrected chi connectivity index (χ1v) is 7.50. The number of ether oxygens (including phenoxy) is 1. The van der Waals surface area contributed by atoms with E-state index < -0.39 is 10.0 Å². The Bertz CT molecular complexity index is 286. The predicted octanol–water partition coefficient (Wildman–Crippen LogP) is 0.0365. The molecule has 1 N–H and O–H groups in total. The molecule has 96 valence electrons. The maximum absolute atomic E-state index is 12.0. The van der Waals surface area contributed by atoms with Crippen LogP contribution >= 0.6 is 0 Å². The van der Waals surface area contributed by atoms with Gasteiger partial charge in [0, 0.05) is 25.7 Å². The molecule has 1 rings (SSSR count). The summed E-state index contributed by atoms with van der Waals surface area (Å²) in [5.41, 5.74) is 0. The average Bonchev–Trinajstić information content (AvgIpc) is 2.72. The number of nitrogens with one attached hydrogen (secondary N) is 1. The number of hydrogen-bond acceptors (Lipinski definition) is 4. The van der Waals surface area contributed by atoms with Gasteiger partial charge >= 0.3 is 0 Å². The lowest BCUT2D eigenvalue weighted by atomic mass is 10.3. The Hall–Kier alpha value is -0.170. The Kier molecular flexibility index (Phi) is 5.68. The maximum Gasteiger partial charge on any atom is 0.216 e. The molecule has 0 aromatic heterocycles. The summed E-state index contributed by atoms with van der Waals surface area (Å²) in [5, 5.41) is 3.19. The molecule has 0 amide bonds. The van der Waals surface area contributed by atoms with Gasteiger partial charge in [-0.25, -0.2) is 8.42 Å². The molecule has 5 nitrogen and oxygen atoms in total. The van der Waals surface area contributed by atoms with Gasteiger partial charge < -0.3 is 10.1 Å². The van der Waals surface area contributed by atoms with Crippen LogP contribution in [0.15, 0.2) is 0 Å². The third kappa shape index (κ3) is 3.69. The lowest BCUT2D eigenvalue weighted by Gasteiger charge is -2.26. The summed E-state index contributed by atoms with van der Waals surface area (Å²) in [5.74, 6) is 0.0885. The van der Waals surface area contributed by atoms with Crippen LogP contribution in [0.5, 0.6) is 0 Å². The molecule has 0 radical (unpaired) electrons. The molecule has 1 fully saturated rings. The number of sulfonamides is 1. The molecule has 0 aromatic rings. The fourth-order valence-electron chi connectivity index (χ4n) is 1.99. The molecule has 0 aromatic carbocycles. The zero-order valence-electron chi connectivity index (χ0n) is 10.1. The average molecular weight is 250 g/mol. The second-order valence-corrected chi connectivity index (χ2v) is 5.90. The first-order valence-electron chi connectivity index (χ1n) is 5.89. The third-order valence-electron chi connectivity index (χ3n) is 2.80. The van der Waals surface area contributed by atoms with E-state index >= 15 is 0 Å². The lowest BCUT2D eigenvalue weighted by Crippen LogP contribution is -2.43. The Morgan fingerprint density at radius 3 is 2.69 bits per heavy atom. The molecule has 1 unspecified atom stereocenters. The Morgan fingerprint density at radius 2 is 2.19 bits per heavy atom. The lowest BCUT2D eigenvalue weighted by molar-refractivity contribution is 0.162. The van der Waals surface area contributed by atoms with Crippen molar-refractivity contribution in [3.63, 3.8) is 0 Å². The maximum atomic E-state index is 12.0. The zero-order valence-corrected chi connectivity index (χ0v) is 10.9. The van der Waals surface area contributed by atoms with Crippen molar-refractivity contribution >= 4 is 10.0 Å². The largest absolute Gasteiger partial charge is 0.381 e. The predicted molar refractivity (Wildman–Crippen MR) is 63.9 cm³/mol. The van der Waals surface area contributed by atoms with Crippen LogP contribution in [0.3, 0.4) is 0 Å². The fourth-order valence-corrected chi connectivity index (χ4v) is 3.58. The molecule has 0 saturated carbocycles. The van der Waals surface area contributed by atoms with Gasteiger partial charge in [0.15, 0.2) is 0 Å². The van der Waals surface area contributed by atoms with E-state index in [9.17, 15) is 8.42 Å². The number of rotatable bonds is 7. The van der Waals surface area contributed by atoms with Crippen molar-refractivity contribution < 1.29 is 13.2 Å². The number of likely N-dealkylation sites (N-methyl/N-ethyl adjacent to an activating group) is 1. The van der Waals surface area contributed by atoms with E-state index in [0.29, 0.717) is 13.2 Å². The molecule has 1 heterocycles. The van der Waals surface area contributed by atoms with E-state index in [-0.39, 0.29) is 18.4 Å². The van der Waals surface area contributed by atoms with Crippen LogP contribution in [0.2, 0.25) is 0 Å². The number of nitrogens with zero attached hydrogens (tertiary/aromatic N) is 1. The van der Waals surface area contributed by atoms with Crippen LogP contribution in [0.1, 0.15) is 20.3 Å². The highest BCUT2D eigenvalue weighted by molar-refractivity contribution is 7.89. The van der Waals surface area contributed by atoms with Gasteiger partial charge in [-0.15, -0.1) is 0 Å². The van der Waals surface area contributed by atoms with E-state index in [1.165, 1.54) is 0 Å². The summed E-state index contributed by atoms with van der Waals surface area (Å²) < 4.78 is 30.8. The highest BCUT2D eigenvalue weighted by Gasteiger charge is 2.30. The van der Waals surface area contributed by atoms with Gasteiger partial charge in [-0.3, -0.25) is 0 Å². The van der Waals surface area contributed by atoms with E-state index in [1.807, 2.05) is 13.8 Å². The Balaban J connectivity index is 2.55. The van der Waals surface area contributed by atoms with Gasteiger partial charge in [0.1, 0.15) is 0 Å². The molecular formula is C10H22N2O3S. The van der Waals surface area contributed by atoms with Crippen LogP contribution in [0.4, 0.5) is 0 Å². The standard InChI is InChI=1S/C10H22N2O3S/c1-3-12(10-5-6-11-9-10)16(13,14)8-7-15-4-2/h10-11H,3-9H2,1-2H3. The summed E-state index contributed by atoms with van der Waals surface area (Å²) >= 11 is 0. The smallest absolute Gasteiger partial charge is 0.216 e. The topological polar surface area (TPSA) is 58.6 Å². The quantitative estimate of drug-likeness (QED) is 0.648. The van der Waals surface area contributed by atoms with Gasteiger partial charge in [0.05, 0.1) is 12.4 Å². The van der Waals surface area contributed by atoms with Crippen LogP contribution in [0, 0.1) is 0 Å². The summed E-state index contributed by atoms with van der Waals surface area (Å²) in [7, 11) is -3.16. The minimum Gasteiger partial charge on any atom is -0.381 e. The van der Waals surface area contributed by atoms with Crippen LogP contribution < -0.4 is 5.32 Å². The van der Waals surface area contributed by atoms with Gasteiger partial charge in [0.25, 0.3) is 0 Å². The SMILES string of the molecule is CCOCCS(=O)(=O)N(CC)C1CCNC1. The fraction of sp³-hybridized carbons (Fsp3) is 1.00. The van der Waals surface area contributed by atoms with Gasteiger partial charge in [0.2, 0.25) is 10.0 Å². The highest BCUT2D eigenvalue weighted by Crippen LogP contribution is 2.13. The normalized spacial score (nSPS) is 21.8. The van der Waals surface area contributed by atoms with Crippen molar-refractivity contribution in [2.75, 3.05) is 38.6 Å². The molecule has 1 atom stereocenters. The summed E-state index contributed by atoms with van der Waals surface area (Å²) in [4.78, 5) is 0. The van der Waals surface area contributed by atoms with Crippen molar-refractivity contribution in [3.8, 4) is 0 Å². The van der Waals surface area contributed by atoms with Gasteiger partial charge in [-0.05, 0) is 19.9 Å². The molecule has 0 spiro atoms. The summed E-state index contributed by atoms with van der Waals surface area (Å²) in [6.45, 7) is 6.81. The Labute approximate surface area is 98.2 Å². The molecule has 0 aliphatic carbocycles. The Morgan fingerprint density at radius 1 is 1.44 bits per heavy atom. The van der Waals surface area contributed by atoms with E-state index in [1.54, 1.807) is 4.31 Å². The molecule has 0 bridgehead atoms. The summed E-state index contributed by atoms with van der Waals surface area (Å²) in [6, 6.07) is 0.122. The van der Waals surface area contributed by atoms with Crippen molar-refractivity contribution in [2.45, 2.75) is 26.3 Å². The molecular weight excluding hydrogens is 228 g/mol. The zero-order chi connectivity index (χ0) is 12.0. The van der Waals surface area contributed by atoms with Crippen molar-refractivity contribution in [1.82, 2.24) is 9.62 Å². The second kappa shape index (κ2) is 6.54. The highest BCUT2D eigenvalue weighted by atomic mass is 32.2. The van der Waals surface area contributed by atoms with Crippen LogP contribution in [-0.4, -0.2) is 57.4 Å². The molecule has 6 heteroatoms.